The van der Waals surface area contributed by atoms with Gasteiger partial charge in [-0.3, -0.25) is 4.98 Å². The number of fused-ring (bicyclic) bond motifs is 1. The minimum atomic E-state index is -2.70. The predicted molar refractivity (Wildman–Crippen MR) is 130 cm³/mol. The quantitative estimate of drug-likeness (QED) is 0.360. The third-order valence-electron chi connectivity index (χ3n) is 6.59. The van der Waals surface area contributed by atoms with Gasteiger partial charge in [-0.25, -0.2) is 8.78 Å². The lowest BCUT2D eigenvalue weighted by Crippen LogP contribution is -2.36. The van der Waals surface area contributed by atoms with Gasteiger partial charge in [0.15, 0.2) is 0 Å². The number of aliphatic hydroxyl groups is 1. The highest BCUT2D eigenvalue weighted by Crippen LogP contribution is 2.45. The fraction of sp³-hybridized carbons (Fsp3) is 0.321. The van der Waals surface area contributed by atoms with Crippen LogP contribution in [0.15, 0.2) is 54.7 Å². The minimum Gasteiger partial charge on any atom is -0.493 e. The van der Waals surface area contributed by atoms with Crippen molar-refractivity contribution in [1.82, 2.24) is 4.98 Å². The zero-order valence-electron chi connectivity index (χ0n) is 19.4. The maximum absolute atomic E-state index is 13.7. The van der Waals surface area contributed by atoms with Crippen molar-refractivity contribution in [3.63, 3.8) is 0 Å². The summed E-state index contributed by atoms with van der Waals surface area (Å²) in [6.07, 6.45) is -1.05. The highest BCUT2D eigenvalue weighted by molar-refractivity contribution is 6.08. The molecule has 0 bridgehead atoms. The molecule has 1 aliphatic heterocycles. The van der Waals surface area contributed by atoms with Crippen molar-refractivity contribution in [2.24, 2.45) is 0 Å². The van der Waals surface area contributed by atoms with E-state index in [0.29, 0.717) is 12.2 Å². The Labute approximate surface area is 197 Å². The molecular weight excluding hydrogens is 436 g/mol. The summed E-state index contributed by atoms with van der Waals surface area (Å²) in [5.41, 5.74) is 3.47. The van der Waals surface area contributed by atoms with Crippen molar-refractivity contribution in [1.29, 1.82) is 0 Å². The van der Waals surface area contributed by atoms with Gasteiger partial charge >= 0.3 is 0 Å². The molecule has 1 aromatic heterocycles. The van der Waals surface area contributed by atoms with Gasteiger partial charge in [-0.15, -0.1) is 0 Å². The van der Waals surface area contributed by atoms with Crippen LogP contribution in [0.2, 0.25) is 0 Å². The van der Waals surface area contributed by atoms with E-state index >= 15 is 0 Å². The Kier molecular flexibility index (Phi) is 5.74. The molecule has 0 saturated carbocycles. The molecule has 4 aromatic rings. The Bertz CT molecular complexity index is 1370. The molecule has 1 aliphatic rings. The topological polar surface area (TPSA) is 51.6 Å². The lowest BCUT2D eigenvalue weighted by atomic mass is 9.85. The summed E-state index contributed by atoms with van der Waals surface area (Å²) >= 11 is 0. The number of aliphatic hydroxyl groups excluding tert-OH is 1. The molecule has 1 N–H and O–H groups in total. The average molecular weight is 464 g/mol. The monoisotopic (exact) mass is 463 g/mol. The second kappa shape index (κ2) is 8.60. The van der Waals surface area contributed by atoms with E-state index in [1.165, 1.54) is 19.4 Å². The molecule has 6 heteroatoms. The molecule has 0 radical (unpaired) electrons. The van der Waals surface area contributed by atoms with Crippen LogP contribution in [0.1, 0.15) is 36.6 Å². The molecule has 1 atom stereocenters. The molecule has 34 heavy (non-hydrogen) atoms. The van der Waals surface area contributed by atoms with Gasteiger partial charge in [0.25, 0.3) is 6.43 Å². The summed E-state index contributed by atoms with van der Waals surface area (Å²) in [7, 11) is 0. The zero-order chi connectivity index (χ0) is 24.0. The number of ether oxygens (including phenoxy) is 2. The van der Waals surface area contributed by atoms with Crippen molar-refractivity contribution < 1.29 is 23.4 Å². The van der Waals surface area contributed by atoms with Crippen molar-refractivity contribution >= 4 is 21.7 Å². The summed E-state index contributed by atoms with van der Waals surface area (Å²) in [5.74, 6) is 0.792. The van der Waals surface area contributed by atoms with E-state index in [-0.39, 0.29) is 0 Å². The smallest absolute Gasteiger partial charge is 0.266 e. The largest absolute Gasteiger partial charge is 0.493 e. The summed E-state index contributed by atoms with van der Waals surface area (Å²) < 4.78 is 39.2. The second-order valence-corrected chi connectivity index (χ2v) is 9.30. The highest BCUT2D eigenvalue weighted by Gasteiger charge is 2.35. The Morgan fingerprint density at radius 3 is 2.71 bits per heavy atom. The molecule has 3 aromatic carbocycles. The van der Waals surface area contributed by atoms with E-state index in [0.717, 1.165) is 50.5 Å². The SMILES string of the molecule is Cc1cc2ccccc2c(-c2ccc3c4c(ccnc24)CCO3)c1[C@@H](CO)OC(C)(C)C(F)F. The molecular formula is C28H27F2NO3. The summed E-state index contributed by atoms with van der Waals surface area (Å²) in [4.78, 5) is 4.72. The average Bonchev–Trinajstić information content (AvgIpc) is 2.83. The van der Waals surface area contributed by atoms with Crippen molar-refractivity contribution in [3.05, 3.63) is 71.4 Å². The van der Waals surface area contributed by atoms with Crippen LogP contribution in [0.3, 0.4) is 0 Å². The highest BCUT2D eigenvalue weighted by atomic mass is 19.3. The lowest BCUT2D eigenvalue weighted by Gasteiger charge is -2.32. The number of benzene rings is 3. The van der Waals surface area contributed by atoms with Crippen LogP contribution < -0.4 is 4.74 Å². The van der Waals surface area contributed by atoms with Gasteiger partial charge in [0, 0.05) is 23.6 Å². The fourth-order valence-electron chi connectivity index (χ4n) is 4.92. The maximum atomic E-state index is 13.7. The van der Waals surface area contributed by atoms with Crippen LogP contribution in [-0.2, 0) is 11.2 Å². The molecule has 0 spiro atoms. The van der Waals surface area contributed by atoms with Crippen LogP contribution in [-0.4, -0.2) is 35.3 Å². The second-order valence-electron chi connectivity index (χ2n) is 9.30. The number of hydrogen-bond acceptors (Lipinski definition) is 4. The van der Waals surface area contributed by atoms with Crippen LogP contribution >= 0.6 is 0 Å². The van der Waals surface area contributed by atoms with Gasteiger partial charge in [0.05, 0.1) is 18.7 Å². The van der Waals surface area contributed by atoms with Gasteiger partial charge < -0.3 is 14.6 Å². The van der Waals surface area contributed by atoms with E-state index in [1.807, 2.05) is 55.5 Å². The number of alkyl halides is 2. The molecule has 5 rings (SSSR count). The van der Waals surface area contributed by atoms with E-state index in [9.17, 15) is 13.9 Å². The van der Waals surface area contributed by atoms with E-state index in [1.54, 1.807) is 6.20 Å². The third-order valence-corrected chi connectivity index (χ3v) is 6.59. The van der Waals surface area contributed by atoms with E-state index < -0.39 is 24.7 Å². The number of halogens is 2. The Morgan fingerprint density at radius 1 is 1.15 bits per heavy atom. The Balaban J connectivity index is 1.84. The lowest BCUT2D eigenvalue weighted by molar-refractivity contribution is -0.160. The van der Waals surface area contributed by atoms with Crippen molar-refractivity contribution in [2.75, 3.05) is 13.2 Å². The first kappa shape index (κ1) is 22.7. The van der Waals surface area contributed by atoms with E-state index in [2.05, 4.69) is 0 Å². The molecule has 4 nitrogen and oxygen atoms in total. The molecule has 0 saturated heterocycles. The van der Waals surface area contributed by atoms with Crippen LogP contribution in [0.25, 0.3) is 32.8 Å². The third kappa shape index (κ3) is 3.71. The fourth-order valence-corrected chi connectivity index (χ4v) is 4.92. The number of nitrogens with zero attached hydrogens (tertiary/aromatic N) is 1. The Hall–Kier alpha value is -3.09. The van der Waals surface area contributed by atoms with Crippen LogP contribution in [0.5, 0.6) is 5.75 Å². The first-order valence-corrected chi connectivity index (χ1v) is 11.4. The van der Waals surface area contributed by atoms with Gasteiger partial charge in [-0.2, -0.15) is 0 Å². The normalized spacial score (nSPS) is 14.6. The number of aromatic nitrogens is 1. The molecule has 176 valence electrons. The van der Waals surface area contributed by atoms with Gasteiger partial charge in [0.1, 0.15) is 17.5 Å². The van der Waals surface area contributed by atoms with Gasteiger partial charge in [-0.05, 0) is 72.0 Å². The number of rotatable bonds is 6. The summed E-state index contributed by atoms with van der Waals surface area (Å²) in [6.45, 7) is 4.80. The number of pyridine rings is 1. The summed E-state index contributed by atoms with van der Waals surface area (Å²) in [6, 6.07) is 15.9. The number of aryl methyl sites for hydroxylation is 1. The predicted octanol–water partition coefficient (Wildman–Crippen LogP) is 6.39. The van der Waals surface area contributed by atoms with Gasteiger partial charge in [0.2, 0.25) is 0 Å². The van der Waals surface area contributed by atoms with E-state index in [4.69, 9.17) is 14.5 Å². The zero-order valence-corrected chi connectivity index (χ0v) is 19.4. The molecule has 0 amide bonds. The molecule has 0 unspecified atom stereocenters. The van der Waals surface area contributed by atoms with Gasteiger partial charge in [-0.1, -0.05) is 30.3 Å². The standard InChI is InChI=1S/C28H27F2NO3/c1-16-14-18-6-4-5-7-19(18)25(23(16)22(15-32)34-28(2,3)27(29)30)20-8-9-21-24-17(11-13-33-21)10-12-31-26(20)24/h4-10,12,14,22,27,32H,11,13,15H2,1-3H3/t22-/m1/s1. The first-order chi connectivity index (χ1) is 16.3. The first-order valence-electron chi connectivity index (χ1n) is 11.4. The molecule has 0 aliphatic carbocycles. The molecule has 0 fully saturated rings. The molecule has 2 heterocycles. The number of hydrogen-bond donors (Lipinski definition) is 1. The maximum Gasteiger partial charge on any atom is 0.266 e. The summed E-state index contributed by atoms with van der Waals surface area (Å²) in [5, 5.41) is 13.3. The minimum absolute atomic E-state index is 0.430. The van der Waals surface area contributed by atoms with Crippen molar-refractivity contribution in [3.8, 4) is 16.9 Å². The Morgan fingerprint density at radius 2 is 1.94 bits per heavy atom. The van der Waals surface area contributed by atoms with Crippen LogP contribution in [0, 0.1) is 6.92 Å². The van der Waals surface area contributed by atoms with Crippen LogP contribution in [0.4, 0.5) is 8.78 Å². The van der Waals surface area contributed by atoms with Crippen molar-refractivity contribution in [2.45, 2.75) is 45.3 Å².